The summed E-state index contributed by atoms with van der Waals surface area (Å²) in [6.07, 6.45) is 8.28. The number of nitrogens with zero attached hydrogens (tertiary/aromatic N) is 5. The number of aromatic nitrogens is 3. The van der Waals surface area contributed by atoms with Crippen LogP contribution in [0.25, 0.3) is 0 Å². The molecule has 8 nitrogen and oxygen atoms in total. The van der Waals surface area contributed by atoms with Crippen LogP contribution in [0, 0.1) is 11.3 Å². The van der Waals surface area contributed by atoms with E-state index in [-0.39, 0.29) is 12.5 Å². The molecule has 5 rings (SSSR count). The number of piperidine rings is 1. The highest BCUT2D eigenvalue weighted by Crippen LogP contribution is 2.43. The third-order valence-corrected chi connectivity index (χ3v) is 8.54. The summed E-state index contributed by atoms with van der Waals surface area (Å²) >= 11 is 5.91. The molecule has 2 fully saturated rings. The van der Waals surface area contributed by atoms with Gasteiger partial charge in [0, 0.05) is 43.6 Å². The van der Waals surface area contributed by atoms with E-state index >= 15 is 0 Å². The van der Waals surface area contributed by atoms with Gasteiger partial charge in [-0.05, 0) is 32.1 Å². The lowest BCUT2D eigenvalue weighted by molar-refractivity contribution is 0.144. The second kappa shape index (κ2) is 8.58. The minimum absolute atomic E-state index is 0.0105. The predicted molar refractivity (Wildman–Crippen MR) is 122 cm³/mol. The summed E-state index contributed by atoms with van der Waals surface area (Å²) in [5, 5.41) is 24.1. The van der Waals surface area contributed by atoms with Crippen LogP contribution in [-0.4, -0.2) is 55.3 Å². The molecule has 2 N–H and O–H groups in total. The number of aliphatic hydroxyl groups excluding tert-OH is 1. The first-order chi connectivity index (χ1) is 15.5. The van der Waals surface area contributed by atoms with Gasteiger partial charge in [-0.15, -0.1) is 0 Å². The topological polar surface area (TPSA) is 115 Å². The van der Waals surface area contributed by atoms with Gasteiger partial charge in [0.2, 0.25) is 0 Å². The lowest BCUT2D eigenvalue weighted by Gasteiger charge is -2.42. The van der Waals surface area contributed by atoms with E-state index in [0.717, 1.165) is 56.7 Å². The lowest BCUT2D eigenvalue weighted by Crippen LogP contribution is -2.48. The molecule has 0 spiro atoms. The Hall–Kier alpha value is -2.28. The molecule has 1 saturated carbocycles. The molecule has 1 saturated heterocycles. The van der Waals surface area contributed by atoms with E-state index in [4.69, 9.17) is 16.6 Å². The number of hydrogen-bond acceptors (Lipinski definition) is 8. The highest BCUT2D eigenvalue weighted by Gasteiger charge is 2.40. The number of anilines is 2. The van der Waals surface area contributed by atoms with E-state index in [2.05, 4.69) is 26.3 Å². The first-order valence-corrected chi connectivity index (χ1v) is 12.7. The monoisotopic (exact) mass is 472 g/mol. The van der Waals surface area contributed by atoms with Crippen molar-refractivity contribution >= 4 is 33.9 Å². The number of halogens is 1. The molecular weight excluding hydrogens is 448 g/mol. The van der Waals surface area contributed by atoms with Gasteiger partial charge in [-0.25, -0.2) is 15.0 Å². The van der Waals surface area contributed by atoms with Crippen molar-refractivity contribution in [2.75, 3.05) is 35.7 Å². The largest absolute Gasteiger partial charge is 0.394 e. The molecule has 2 aliphatic heterocycles. The number of rotatable bonds is 5. The normalized spacial score (nSPS) is 22.2. The van der Waals surface area contributed by atoms with Crippen molar-refractivity contribution in [1.29, 1.82) is 5.26 Å². The van der Waals surface area contributed by atoms with Crippen LogP contribution in [0.4, 0.5) is 11.5 Å². The number of nitrogens with one attached hydrogen (secondary N) is 1. The maximum absolute atomic E-state index is 12.8. The molecular formula is C22H25ClN6O2S. The van der Waals surface area contributed by atoms with Gasteiger partial charge in [0.15, 0.2) is 0 Å². The van der Waals surface area contributed by atoms with Crippen LogP contribution in [0.2, 0.25) is 5.02 Å². The van der Waals surface area contributed by atoms with Crippen LogP contribution in [-0.2, 0) is 17.2 Å². The molecule has 1 atom stereocenters. The number of aryl methyl sites for hydroxylation is 1. The van der Waals surface area contributed by atoms with Crippen molar-refractivity contribution in [3.8, 4) is 6.07 Å². The molecule has 0 bridgehead atoms. The molecule has 1 aliphatic carbocycles. The first-order valence-electron chi connectivity index (χ1n) is 11.0. The third-order valence-electron chi connectivity index (χ3n) is 6.87. The number of aliphatic hydroxyl groups is 1. The van der Waals surface area contributed by atoms with Crippen molar-refractivity contribution in [2.45, 2.75) is 54.9 Å². The van der Waals surface area contributed by atoms with Crippen LogP contribution < -0.4 is 10.2 Å². The Kier molecular flexibility index (Phi) is 5.78. The summed E-state index contributed by atoms with van der Waals surface area (Å²) in [6.45, 7) is 1.44. The van der Waals surface area contributed by atoms with Gasteiger partial charge >= 0.3 is 0 Å². The number of nitriles is 1. The van der Waals surface area contributed by atoms with E-state index in [0.29, 0.717) is 39.2 Å². The Morgan fingerprint density at radius 1 is 1.31 bits per heavy atom. The average molecular weight is 473 g/mol. The van der Waals surface area contributed by atoms with Crippen molar-refractivity contribution in [3.63, 3.8) is 0 Å². The summed E-state index contributed by atoms with van der Waals surface area (Å²) in [4.78, 5) is 16.4. The van der Waals surface area contributed by atoms with Gasteiger partial charge in [-0.3, -0.25) is 4.21 Å². The predicted octanol–water partition coefficient (Wildman–Crippen LogP) is 2.77. The SMILES string of the molecule is N#Cc1c(N2CCC(c3ncc(Cl)cn3)CC2)nc2c(c1NC1(CO)CCC1)[S@@](=O)CC2. The van der Waals surface area contributed by atoms with E-state index < -0.39 is 16.3 Å². The standard InChI is InChI=1S/C22H25ClN6O2S/c23-15-11-25-20(26-12-15)14-2-7-29(8-3-14)21-16(10-24)18(28-22(13-30)5-1-6-22)19-17(27-21)4-9-32(19)31/h11-12,14,30H,1-9,13H2,(H,27,28)/t32-/m0/s1. The van der Waals surface area contributed by atoms with E-state index in [1.165, 1.54) is 0 Å². The molecule has 10 heteroatoms. The summed E-state index contributed by atoms with van der Waals surface area (Å²) in [5.41, 5.74) is 1.40. The van der Waals surface area contributed by atoms with Gasteiger partial charge in [0.25, 0.3) is 0 Å². The summed E-state index contributed by atoms with van der Waals surface area (Å²) < 4.78 is 12.8. The van der Waals surface area contributed by atoms with E-state index in [1.54, 1.807) is 12.4 Å². The average Bonchev–Trinajstić information content (AvgIpc) is 3.17. The Labute approximate surface area is 194 Å². The van der Waals surface area contributed by atoms with Crippen molar-refractivity contribution in [3.05, 3.63) is 34.5 Å². The molecule has 0 amide bonds. The minimum atomic E-state index is -1.19. The van der Waals surface area contributed by atoms with E-state index in [1.807, 2.05) is 0 Å². The highest BCUT2D eigenvalue weighted by molar-refractivity contribution is 7.85. The van der Waals surface area contributed by atoms with Gasteiger partial charge in [-0.2, -0.15) is 5.26 Å². The van der Waals surface area contributed by atoms with Crippen molar-refractivity contribution < 1.29 is 9.32 Å². The lowest BCUT2D eigenvalue weighted by atomic mass is 9.77. The zero-order valence-corrected chi connectivity index (χ0v) is 19.3. The molecule has 2 aromatic heterocycles. The Bertz CT molecular complexity index is 1090. The van der Waals surface area contributed by atoms with Crippen LogP contribution in [0.15, 0.2) is 17.3 Å². The molecule has 3 aliphatic rings. The van der Waals surface area contributed by atoms with Crippen LogP contribution in [0.3, 0.4) is 0 Å². The second-order valence-corrected chi connectivity index (χ2v) is 10.8. The second-order valence-electron chi connectivity index (χ2n) is 8.81. The number of fused-ring (bicyclic) bond motifs is 1. The molecule has 0 unspecified atom stereocenters. The molecule has 0 aromatic carbocycles. The molecule has 168 valence electrons. The maximum atomic E-state index is 12.8. The van der Waals surface area contributed by atoms with E-state index in [9.17, 15) is 14.6 Å². The van der Waals surface area contributed by atoms with Gasteiger partial charge in [0.1, 0.15) is 23.3 Å². The minimum Gasteiger partial charge on any atom is -0.394 e. The molecule has 32 heavy (non-hydrogen) atoms. The molecule has 2 aromatic rings. The molecule has 0 radical (unpaired) electrons. The zero-order valence-electron chi connectivity index (χ0n) is 17.7. The van der Waals surface area contributed by atoms with Gasteiger partial charge in [0.05, 0.1) is 44.2 Å². The number of pyridine rings is 1. The van der Waals surface area contributed by atoms with Crippen LogP contribution >= 0.6 is 11.6 Å². The summed E-state index contributed by atoms with van der Waals surface area (Å²) in [5.74, 6) is 2.20. The smallest absolute Gasteiger partial charge is 0.149 e. The fourth-order valence-corrected chi connectivity index (χ4v) is 6.31. The quantitative estimate of drug-likeness (QED) is 0.682. The summed E-state index contributed by atoms with van der Waals surface area (Å²) in [6, 6.07) is 2.33. The zero-order chi connectivity index (χ0) is 22.3. The van der Waals surface area contributed by atoms with Crippen LogP contribution in [0.5, 0.6) is 0 Å². The van der Waals surface area contributed by atoms with Gasteiger partial charge in [-0.1, -0.05) is 11.6 Å². The Balaban J connectivity index is 1.46. The van der Waals surface area contributed by atoms with Gasteiger partial charge < -0.3 is 15.3 Å². The van der Waals surface area contributed by atoms with Crippen molar-refractivity contribution in [2.24, 2.45) is 0 Å². The Morgan fingerprint density at radius 3 is 2.62 bits per heavy atom. The van der Waals surface area contributed by atoms with Crippen LogP contribution in [0.1, 0.15) is 55.1 Å². The molecule has 4 heterocycles. The fourth-order valence-electron chi connectivity index (χ4n) is 4.84. The number of hydrogen-bond donors (Lipinski definition) is 2. The Morgan fingerprint density at radius 2 is 2.03 bits per heavy atom. The summed E-state index contributed by atoms with van der Waals surface area (Å²) in [7, 11) is -1.19. The maximum Gasteiger partial charge on any atom is 0.149 e. The fraction of sp³-hybridized carbons (Fsp3) is 0.545. The van der Waals surface area contributed by atoms with Crippen molar-refractivity contribution in [1.82, 2.24) is 15.0 Å². The highest BCUT2D eigenvalue weighted by atomic mass is 35.5. The first kappa shape index (κ1) is 21.6. The third kappa shape index (κ3) is 3.74.